The molecule has 1 aliphatic heterocycles. The number of hydrogen-bond acceptors (Lipinski definition) is 4. The highest BCUT2D eigenvalue weighted by atomic mass is 15.1. The van der Waals surface area contributed by atoms with Crippen LogP contribution in [0.5, 0.6) is 0 Å². The number of hydrogen-bond donors (Lipinski definition) is 2. The van der Waals surface area contributed by atoms with Gasteiger partial charge in [0, 0.05) is 25.2 Å². The minimum Gasteiger partial charge on any atom is -0.351 e. The molecule has 4 nitrogen and oxygen atoms in total. The van der Waals surface area contributed by atoms with Gasteiger partial charge >= 0.3 is 0 Å². The highest BCUT2D eigenvalue weighted by Crippen LogP contribution is 2.23. The Morgan fingerprint density at radius 3 is 3.00 bits per heavy atom. The molecule has 1 fully saturated rings. The quantitative estimate of drug-likeness (QED) is 0.746. The van der Waals surface area contributed by atoms with E-state index in [1.54, 1.807) is 0 Å². The first kappa shape index (κ1) is 9.09. The Hall–Kier alpha value is -1.16. The van der Waals surface area contributed by atoms with Crippen molar-refractivity contribution in [3.8, 4) is 0 Å². The molecule has 15 heavy (non-hydrogen) atoms. The normalized spacial score (nSPS) is 20.5. The van der Waals surface area contributed by atoms with Crippen LogP contribution in [0.1, 0.15) is 24.1 Å². The lowest BCUT2D eigenvalue weighted by molar-refractivity contribution is 0.708. The van der Waals surface area contributed by atoms with Crippen LogP contribution in [0.4, 0.5) is 5.95 Å². The highest BCUT2D eigenvalue weighted by molar-refractivity contribution is 5.33. The van der Waals surface area contributed by atoms with Gasteiger partial charge < -0.3 is 10.6 Å². The first-order valence-corrected chi connectivity index (χ1v) is 5.74. The Morgan fingerprint density at radius 1 is 1.27 bits per heavy atom. The maximum atomic E-state index is 4.59. The van der Waals surface area contributed by atoms with E-state index >= 15 is 0 Å². The standard InChI is InChI=1S/C11H16N4/c1-2-9(1)14-11-13-7-8-3-5-12-6-4-10(8)15-11/h7,9,12H,1-6H2,(H,13,14,15). The average molecular weight is 204 g/mol. The molecular formula is C11H16N4. The van der Waals surface area contributed by atoms with Gasteiger partial charge in [-0.05, 0) is 31.4 Å². The zero-order chi connectivity index (χ0) is 10.1. The van der Waals surface area contributed by atoms with E-state index < -0.39 is 0 Å². The van der Waals surface area contributed by atoms with E-state index in [0.29, 0.717) is 6.04 Å². The third-order valence-electron chi connectivity index (χ3n) is 2.97. The van der Waals surface area contributed by atoms with E-state index in [2.05, 4.69) is 20.6 Å². The van der Waals surface area contributed by atoms with Crippen LogP contribution in [0.15, 0.2) is 6.20 Å². The van der Waals surface area contributed by atoms with Crippen LogP contribution in [0.2, 0.25) is 0 Å². The molecule has 2 heterocycles. The smallest absolute Gasteiger partial charge is 0.223 e. The monoisotopic (exact) mass is 204 g/mol. The van der Waals surface area contributed by atoms with Crippen molar-refractivity contribution in [2.45, 2.75) is 31.7 Å². The van der Waals surface area contributed by atoms with E-state index in [-0.39, 0.29) is 0 Å². The number of nitrogens with zero attached hydrogens (tertiary/aromatic N) is 2. The Morgan fingerprint density at radius 2 is 2.13 bits per heavy atom. The molecule has 3 rings (SSSR count). The minimum atomic E-state index is 0.631. The van der Waals surface area contributed by atoms with Crippen molar-refractivity contribution in [1.29, 1.82) is 0 Å². The summed E-state index contributed by atoms with van der Waals surface area (Å²) in [5, 5.41) is 6.72. The van der Waals surface area contributed by atoms with Gasteiger partial charge in [-0.15, -0.1) is 0 Å². The third kappa shape index (κ3) is 2.09. The van der Waals surface area contributed by atoms with Crippen molar-refractivity contribution >= 4 is 5.95 Å². The minimum absolute atomic E-state index is 0.631. The van der Waals surface area contributed by atoms with Crippen LogP contribution >= 0.6 is 0 Å². The summed E-state index contributed by atoms with van der Waals surface area (Å²) >= 11 is 0. The van der Waals surface area contributed by atoms with Crippen molar-refractivity contribution in [2.75, 3.05) is 18.4 Å². The van der Waals surface area contributed by atoms with E-state index in [4.69, 9.17) is 0 Å². The van der Waals surface area contributed by atoms with Gasteiger partial charge in [0.15, 0.2) is 0 Å². The molecule has 2 aliphatic rings. The van der Waals surface area contributed by atoms with Gasteiger partial charge in [-0.1, -0.05) is 0 Å². The van der Waals surface area contributed by atoms with E-state index in [1.165, 1.54) is 24.1 Å². The zero-order valence-corrected chi connectivity index (χ0v) is 8.79. The Labute approximate surface area is 89.5 Å². The van der Waals surface area contributed by atoms with Gasteiger partial charge in [0.05, 0.1) is 5.69 Å². The summed E-state index contributed by atoms with van der Waals surface area (Å²) in [6.07, 6.45) is 6.60. The summed E-state index contributed by atoms with van der Waals surface area (Å²) in [7, 11) is 0. The maximum Gasteiger partial charge on any atom is 0.223 e. The van der Waals surface area contributed by atoms with Crippen LogP contribution in [0.25, 0.3) is 0 Å². The molecule has 1 aromatic heterocycles. The van der Waals surface area contributed by atoms with Crippen LogP contribution in [0.3, 0.4) is 0 Å². The SMILES string of the molecule is c1nc(NC2CC2)nc2c1CCNCC2. The van der Waals surface area contributed by atoms with E-state index in [9.17, 15) is 0 Å². The van der Waals surface area contributed by atoms with Crippen molar-refractivity contribution in [2.24, 2.45) is 0 Å². The first-order valence-electron chi connectivity index (χ1n) is 5.74. The second-order valence-corrected chi connectivity index (χ2v) is 4.33. The number of rotatable bonds is 2. The molecule has 0 atom stereocenters. The summed E-state index contributed by atoms with van der Waals surface area (Å²) in [5.74, 6) is 0.818. The van der Waals surface area contributed by atoms with Gasteiger partial charge in [-0.2, -0.15) is 0 Å². The fourth-order valence-corrected chi connectivity index (χ4v) is 1.90. The van der Waals surface area contributed by atoms with Crippen molar-refractivity contribution in [3.63, 3.8) is 0 Å². The molecule has 1 aromatic rings. The maximum absolute atomic E-state index is 4.59. The van der Waals surface area contributed by atoms with Gasteiger partial charge in [-0.3, -0.25) is 0 Å². The molecule has 80 valence electrons. The summed E-state index contributed by atoms with van der Waals surface area (Å²) in [6, 6.07) is 0.631. The summed E-state index contributed by atoms with van der Waals surface area (Å²) in [5.41, 5.74) is 2.53. The fraction of sp³-hybridized carbons (Fsp3) is 0.636. The molecule has 0 amide bonds. The Kier molecular flexibility index (Phi) is 2.29. The lowest BCUT2D eigenvalue weighted by atomic mass is 10.1. The van der Waals surface area contributed by atoms with Crippen molar-refractivity contribution < 1.29 is 0 Å². The van der Waals surface area contributed by atoms with Gasteiger partial charge in [0.1, 0.15) is 0 Å². The average Bonchev–Trinajstić information content (AvgIpc) is 3.04. The van der Waals surface area contributed by atoms with Crippen LogP contribution in [-0.2, 0) is 12.8 Å². The summed E-state index contributed by atoms with van der Waals surface area (Å²) in [6.45, 7) is 2.08. The van der Waals surface area contributed by atoms with Gasteiger partial charge in [0.2, 0.25) is 5.95 Å². The molecule has 0 bridgehead atoms. The zero-order valence-electron chi connectivity index (χ0n) is 8.79. The topological polar surface area (TPSA) is 49.8 Å². The fourth-order valence-electron chi connectivity index (χ4n) is 1.90. The third-order valence-corrected chi connectivity index (χ3v) is 2.97. The lowest BCUT2D eigenvalue weighted by Crippen LogP contribution is -2.16. The number of anilines is 1. The number of aromatic nitrogens is 2. The molecule has 1 aliphatic carbocycles. The molecular weight excluding hydrogens is 188 g/mol. The summed E-state index contributed by atoms with van der Waals surface area (Å²) < 4.78 is 0. The van der Waals surface area contributed by atoms with E-state index in [1.807, 2.05) is 6.20 Å². The number of nitrogens with one attached hydrogen (secondary N) is 2. The van der Waals surface area contributed by atoms with Gasteiger partial charge in [-0.25, -0.2) is 9.97 Å². The molecule has 0 aromatic carbocycles. The van der Waals surface area contributed by atoms with Crippen molar-refractivity contribution in [1.82, 2.24) is 15.3 Å². The largest absolute Gasteiger partial charge is 0.351 e. The molecule has 0 saturated heterocycles. The predicted octanol–water partition coefficient (Wildman–Crippen LogP) is 0.739. The second kappa shape index (κ2) is 3.77. The molecule has 0 radical (unpaired) electrons. The Bertz CT molecular complexity index is 360. The molecule has 2 N–H and O–H groups in total. The van der Waals surface area contributed by atoms with Crippen molar-refractivity contribution in [3.05, 3.63) is 17.5 Å². The van der Waals surface area contributed by atoms with Gasteiger partial charge in [0.25, 0.3) is 0 Å². The number of fused-ring (bicyclic) bond motifs is 1. The Balaban J connectivity index is 1.82. The molecule has 0 unspecified atom stereocenters. The second-order valence-electron chi connectivity index (χ2n) is 4.33. The predicted molar refractivity (Wildman–Crippen MR) is 59.0 cm³/mol. The highest BCUT2D eigenvalue weighted by Gasteiger charge is 2.22. The van der Waals surface area contributed by atoms with Crippen LogP contribution in [0, 0.1) is 0 Å². The molecule has 4 heteroatoms. The molecule has 1 saturated carbocycles. The summed E-state index contributed by atoms with van der Waals surface area (Å²) in [4.78, 5) is 8.96. The van der Waals surface area contributed by atoms with Crippen LogP contribution in [-0.4, -0.2) is 29.1 Å². The van der Waals surface area contributed by atoms with Crippen LogP contribution < -0.4 is 10.6 Å². The van der Waals surface area contributed by atoms with E-state index in [0.717, 1.165) is 31.9 Å². The lowest BCUT2D eigenvalue weighted by Gasteiger charge is -2.07. The molecule has 0 spiro atoms. The first-order chi connectivity index (χ1) is 7.42.